The topological polar surface area (TPSA) is 50.1 Å². The van der Waals surface area contributed by atoms with E-state index in [2.05, 4.69) is 20.8 Å². The number of unbranched alkanes of at least 4 members (excludes halogenated alkanes) is 6. The molecule has 1 aromatic carbocycles. The Balaban J connectivity index is 2.64. The Morgan fingerprint density at radius 2 is 1.70 bits per heavy atom. The lowest BCUT2D eigenvalue weighted by Crippen LogP contribution is -2.19. The monoisotopic (exact) mass is 318 g/mol. The molecule has 0 saturated heterocycles. The molecule has 0 saturated carbocycles. The van der Waals surface area contributed by atoms with Gasteiger partial charge in [-0.1, -0.05) is 65.7 Å². The first-order chi connectivity index (χ1) is 10.9. The zero-order valence-corrected chi connectivity index (χ0v) is 15.2. The number of benzene rings is 1. The second-order valence-corrected chi connectivity index (χ2v) is 7.00. The van der Waals surface area contributed by atoms with E-state index in [1.54, 1.807) is 13.2 Å². The van der Waals surface area contributed by atoms with Crippen molar-refractivity contribution >= 4 is 5.91 Å². The molecule has 0 aliphatic rings. The highest BCUT2D eigenvalue weighted by Gasteiger charge is 2.25. The largest absolute Gasteiger partial charge is 0.496 e. The lowest BCUT2D eigenvalue weighted by atomic mass is 9.78. The molecule has 0 fully saturated rings. The van der Waals surface area contributed by atoms with E-state index in [4.69, 9.17) is 10.5 Å². The summed E-state index contributed by atoms with van der Waals surface area (Å²) < 4.78 is 5.47. The van der Waals surface area contributed by atoms with Gasteiger partial charge in [-0.15, -0.1) is 0 Å². The molecule has 0 unspecified atom stereocenters. The first-order valence-electron chi connectivity index (χ1n) is 8.87. The van der Waals surface area contributed by atoms with E-state index in [-0.39, 0.29) is 5.41 Å². The lowest BCUT2D eigenvalue weighted by molar-refractivity contribution is 0.0992. The van der Waals surface area contributed by atoms with Crippen molar-refractivity contribution in [3.63, 3.8) is 0 Å². The van der Waals surface area contributed by atoms with Gasteiger partial charge in [-0.05, 0) is 30.0 Å². The molecule has 0 atom stereocenters. The predicted molar refractivity (Wildman–Crippen MR) is 96.1 cm³/mol. The Bertz CT molecular complexity index is 494. The van der Waals surface area contributed by atoms with Crippen LogP contribution >= 0.6 is 0 Å². The third-order valence-corrected chi connectivity index (χ3v) is 4.60. The number of hydrogen-bond donors (Lipinski definition) is 0. The first-order valence-corrected chi connectivity index (χ1v) is 8.87. The molecule has 3 heteroatoms. The second kappa shape index (κ2) is 9.59. The highest BCUT2D eigenvalue weighted by molar-refractivity contribution is 5.92. The number of amides is 1. The Morgan fingerprint density at radius 3 is 2.26 bits per heavy atom. The van der Waals surface area contributed by atoms with Crippen molar-refractivity contribution in [1.82, 2.24) is 5.73 Å². The van der Waals surface area contributed by atoms with Crippen molar-refractivity contribution in [3.8, 4) is 5.75 Å². The fourth-order valence-electron chi connectivity index (χ4n) is 3.04. The van der Waals surface area contributed by atoms with Gasteiger partial charge in [0, 0.05) is 11.1 Å². The number of nitrogens with one attached hydrogen (secondary N) is 1. The van der Waals surface area contributed by atoms with Gasteiger partial charge in [0.25, 0.3) is 5.91 Å². The van der Waals surface area contributed by atoms with E-state index < -0.39 is 5.91 Å². The fourth-order valence-corrected chi connectivity index (χ4v) is 3.04. The van der Waals surface area contributed by atoms with Crippen LogP contribution in [0.15, 0.2) is 18.2 Å². The molecule has 1 N–H and O–H groups in total. The maximum atomic E-state index is 11.3. The van der Waals surface area contributed by atoms with Crippen LogP contribution in [0.4, 0.5) is 0 Å². The van der Waals surface area contributed by atoms with Crippen molar-refractivity contribution in [1.29, 1.82) is 0 Å². The Labute approximate surface area is 141 Å². The minimum absolute atomic E-state index is 0.0553. The summed E-state index contributed by atoms with van der Waals surface area (Å²) in [6.45, 7) is 6.63. The maximum absolute atomic E-state index is 11.3. The predicted octanol–water partition coefficient (Wildman–Crippen LogP) is 5.54. The molecular formula is C20H32NO2. The van der Waals surface area contributed by atoms with E-state index >= 15 is 0 Å². The molecule has 1 rings (SSSR count). The highest BCUT2D eigenvalue weighted by Crippen LogP contribution is 2.36. The van der Waals surface area contributed by atoms with E-state index in [9.17, 15) is 4.79 Å². The van der Waals surface area contributed by atoms with Crippen molar-refractivity contribution in [2.45, 2.75) is 77.6 Å². The number of ether oxygens (including phenoxy) is 1. The number of carbonyl (C=O) groups excluding carboxylic acids is 1. The van der Waals surface area contributed by atoms with E-state index in [0.717, 1.165) is 17.7 Å². The van der Waals surface area contributed by atoms with Crippen molar-refractivity contribution in [2.24, 2.45) is 0 Å². The minimum atomic E-state index is -0.638. The fraction of sp³-hybridized carbons (Fsp3) is 0.650. The van der Waals surface area contributed by atoms with E-state index in [0.29, 0.717) is 5.56 Å². The summed E-state index contributed by atoms with van der Waals surface area (Å²) in [6, 6.07) is 5.31. The summed E-state index contributed by atoms with van der Waals surface area (Å²) >= 11 is 0. The van der Waals surface area contributed by atoms with Crippen LogP contribution in [0.1, 0.15) is 88.1 Å². The van der Waals surface area contributed by atoms with Crippen molar-refractivity contribution < 1.29 is 9.53 Å². The van der Waals surface area contributed by atoms with Crippen LogP contribution in [0, 0.1) is 0 Å². The van der Waals surface area contributed by atoms with Gasteiger partial charge in [-0.25, -0.2) is 0 Å². The molecule has 129 valence electrons. The van der Waals surface area contributed by atoms with Crippen molar-refractivity contribution in [2.75, 3.05) is 7.11 Å². The van der Waals surface area contributed by atoms with E-state index in [1.165, 1.54) is 44.9 Å². The van der Waals surface area contributed by atoms with Crippen LogP contribution in [0.3, 0.4) is 0 Å². The van der Waals surface area contributed by atoms with Crippen LogP contribution < -0.4 is 10.5 Å². The van der Waals surface area contributed by atoms with Crippen molar-refractivity contribution in [3.05, 3.63) is 29.3 Å². The van der Waals surface area contributed by atoms with Crippen LogP contribution in [0.2, 0.25) is 0 Å². The highest BCUT2D eigenvalue weighted by atomic mass is 16.5. The quantitative estimate of drug-likeness (QED) is 0.503. The summed E-state index contributed by atoms with van der Waals surface area (Å²) in [7, 11) is 1.66. The van der Waals surface area contributed by atoms with Gasteiger partial charge in [0.2, 0.25) is 0 Å². The Morgan fingerprint density at radius 1 is 1.09 bits per heavy atom. The summed E-state index contributed by atoms with van der Waals surface area (Å²) in [6.07, 6.45) is 10.1. The molecule has 0 aliphatic heterocycles. The molecule has 0 spiro atoms. The summed E-state index contributed by atoms with van der Waals surface area (Å²) in [5.74, 6) is 0.170. The molecule has 1 amide bonds. The van der Waals surface area contributed by atoms with Crippen LogP contribution in [0.5, 0.6) is 5.75 Å². The summed E-state index contributed by atoms with van der Waals surface area (Å²) in [5, 5.41) is 0. The Kier molecular flexibility index (Phi) is 8.15. The molecule has 23 heavy (non-hydrogen) atoms. The number of methoxy groups -OCH3 is 1. The zero-order valence-electron chi connectivity index (χ0n) is 15.2. The summed E-state index contributed by atoms with van der Waals surface area (Å²) in [5.41, 5.74) is 8.73. The summed E-state index contributed by atoms with van der Waals surface area (Å²) in [4.78, 5) is 11.3. The van der Waals surface area contributed by atoms with Gasteiger partial charge in [-0.2, -0.15) is 0 Å². The van der Waals surface area contributed by atoms with Gasteiger partial charge in [0.05, 0.1) is 7.11 Å². The Hall–Kier alpha value is -1.51. The van der Waals surface area contributed by atoms with Crippen LogP contribution in [0.25, 0.3) is 0 Å². The SMILES string of the molecule is CCCCCCCCCC(C)(C)c1cc(C([NH])=O)ccc1OC. The first kappa shape index (κ1) is 19.5. The van der Waals surface area contributed by atoms with Gasteiger partial charge >= 0.3 is 0 Å². The zero-order chi connectivity index (χ0) is 17.3. The molecule has 0 heterocycles. The third kappa shape index (κ3) is 6.25. The smallest absolute Gasteiger partial charge is 0.269 e. The van der Waals surface area contributed by atoms with Crippen LogP contribution in [-0.2, 0) is 5.41 Å². The minimum Gasteiger partial charge on any atom is -0.496 e. The molecule has 1 radical (unpaired) electrons. The third-order valence-electron chi connectivity index (χ3n) is 4.60. The standard InChI is InChI=1S/C20H32NO2/c1-5-6-7-8-9-10-11-14-20(2,3)17-15-16(19(21)22)12-13-18(17)23-4/h12-13,15,21H,5-11,14H2,1-4H3. The number of hydrogen-bond acceptors (Lipinski definition) is 2. The van der Waals surface area contributed by atoms with E-state index in [1.807, 2.05) is 12.1 Å². The normalized spacial score (nSPS) is 11.5. The molecule has 3 nitrogen and oxygen atoms in total. The van der Waals surface area contributed by atoms with Gasteiger partial charge in [0.1, 0.15) is 5.75 Å². The lowest BCUT2D eigenvalue weighted by Gasteiger charge is -2.27. The second-order valence-electron chi connectivity index (χ2n) is 7.00. The molecule has 1 aromatic rings. The van der Waals surface area contributed by atoms with Gasteiger partial charge in [-0.3, -0.25) is 10.5 Å². The van der Waals surface area contributed by atoms with Crippen LogP contribution in [-0.4, -0.2) is 13.0 Å². The number of carbonyl (C=O) groups is 1. The average Bonchev–Trinajstić information content (AvgIpc) is 2.53. The molecule has 0 aromatic heterocycles. The molecular weight excluding hydrogens is 286 g/mol. The molecule has 0 bridgehead atoms. The average molecular weight is 318 g/mol. The van der Waals surface area contributed by atoms with Gasteiger partial charge in [0.15, 0.2) is 0 Å². The van der Waals surface area contributed by atoms with Gasteiger partial charge < -0.3 is 4.74 Å². The number of rotatable bonds is 11. The molecule has 0 aliphatic carbocycles. The maximum Gasteiger partial charge on any atom is 0.269 e.